The molecular formula is C12H18ClNO2. The maximum Gasteiger partial charge on any atom is 0.307 e. The lowest BCUT2D eigenvalue weighted by Gasteiger charge is -2.08. The molecule has 0 saturated carbocycles. The van der Waals surface area contributed by atoms with Gasteiger partial charge < -0.3 is 10.4 Å². The minimum absolute atomic E-state index is 0. The lowest BCUT2D eigenvalue weighted by molar-refractivity contribution is -0.136. The number of carboxylic acid groups (broad SMARTS) is 1. The van der Waals surface area contributed by atoms with Crippen LogP contribution in [0.25, 0.3) is 0 Å². The summed E-state index contributed by atoms with van der Waals surface area (Å²) >= 11 is 0. The molecule has 0 atom stereocenters. The zero-order valence-corrected chi connectivity index (χ0v) is 10.4. The monoisotopic (exact) mass is 243 g/mol. The molecule has 16 heavy (non-hydrogen) atoms. The van der Waals surface area contributed by atoms with Gasteiger partial charge in [-0.3, -0.25) is 4.79 Å². The smallest absolute Gasteiger partial charge is 0.307 e. The summed E-state index contributed by atoms with van der Waals surface area (Å²) in [5.41, 5.74) is 2.02. The molecule has 3 nitrogen and oxygen atoms in total. The van der Waals surface area contributed by atoms with Crippen LogP contribution in [0.2, 0.25) is 0 Å². The second-order valence-corrected chi connectivity index (χ2v) is 3.92. The van der Waals surface area contributed by atoms with Crippen LogP contribution in [0.4, 0.5) is 0 Å². The summed E-state index contributed by atoms with van der Waals surface area (Å²) in [4.78, 5) is 10.5. The van der Waals surface area contributed by atoms with Crippen molar-refractivity contribution in [3.63, 3.8) is 0 Å². The first-order chi connectivity index (χ1) is 7.08. The standard InChI is InChI=1S/C12H17NO2.ClH/c1-9(2)13-8-11-5-3-10(4-6-11)7-12(14)15;/h3-6,9,13H,7-8H2,1-2H3,(H,14,15);1H. The third-order valence-electron chi connectivity index (χ3n) is 2.09. The molecule has 0 heterocycles. The molecule has 4 heteroatoms. The van der Waals surface area contributed by atoms with Gasteiger partial charge in [0.15, 0.2) is 0 Å². The van der Waals surface area contributed by atoms with Crippen LogP contribution in [0.15, 0.2) is 24.3 Å². The van der Waals surface area contributed by atoms with Gasteiger partial charge in [0.05, 0.1) is 6.42 Å². The Morgan fingerprint density at radius 3 is 2.19 bits per heavy atom. The van der Waals surface area contributed by atoms with Crippen LogP contribution in [0.3, 0.4) is 0 Å². The minimum Gasteiger partial charge on any atom is -0.481 e. The Kier molecular flexibility index (Phi) is 6.77. The topological polar surface area (TPSA) is 49.3 Å². The molecule has 0 bridgehead atoms. The first kappa shape index (κ1) is 14.9. The molecule has 0 unspecified atom stereocenters. The summed E-state index contributed by atoms with van der Waals surface area (Å²) < 4.78 is 0. The highest BCUT2D eigenvalue weighted by Gasteiger charge is 2.00. The molecule has 0 aliphatic carbocycles. The fourth-order valence-corrected chi connectivity index (χ4v) is 1.27. The SMILES string of the molecule is CC(C)NCc1ccc(CC(=O)O)cc1.Cl. The summed E-state index contributed by atoms with van der Waals surface area (Å²) in [6, 6.07) is 8.13. The molecule has 0 spiro atoms. The summed E-state index contributed by atoms with van der Waals surface area (Å²) in [6.07, 6.45) is 0.0951. The maximum absolute atomic E-state index is 10.5. The van der Waals surface area contributed by atoms with Crippen molar-refractivity contribution in [3.8, 4) is 0 Å². The molecule has 0 saturated heterocycles. The highest BCUT2D eigenvalue weighted by atomic mass is 35.5. The number of carbonyl (C=O) groups is 1. The van der Waals surface area contributed by atoms with Crippen LogP contribution in [0, 0.1) is 0 Å². The fourth-order valence-electron chi connectivity index (χ4n) is 1.27. The van der Waals surface area contributed by atoms with E-state index in [0.717, 1.165) is 12.1 Å². The van der Waals surface area contributed by atoms with Crippen molar-refractivity contribution < 1.29 is 9.90 Å². The lowest BCUT2D eigenvalue weighted by Crippen LogP contribution is -2.21. The van der Waals surface area contributed by atoms with Gasteiger partial charge in [-0.25, -0.2) is 0 Å². The zero-order chi connectivity index (χ0) is 11.3. The molecule has 1 rings (SSSR count). The van der Waals surface area contributed by atoms with Crippen molar-refractivity contribution in [3.05, 3.63) is 35.4 Å². The Balaban J connectivity index is 0.00000225. The molecule has 0 fully saturated rings. The van der Waals surface area contributed by atoms with Crippen molar-refractivity contribution in [2.24, 2.45) is 0 Å². The number of aliphatic carboxylic acids is 1. The number of hydrogen-bond donors (Lipinski definition) is 2. The number of benzene rings is 1. The van der Waals surface area contributed by atoms with Gasteiger partial charge in [0.25, 0.3) is 0 Å². The first-order valence-electron chi connectivity index (χ1n) is 5.11. The number of halogens is 1. The third-order valence-corrected chi connectivity index (χ3v) is 2.09. The average Bonchev–Trinajstić information content (AvgIpc) is 2.16. The summed E-state index contributed by atoms with van der Waals surface area (Å²) in [6.45, 7) is 5.02. The van der Waals surface area contributed by atoms with E-state index in [0.29, 0.717) is 6.04 Å². The lowest BCUT2D eigenvalue weighted by atomic mass is 10.1. The summed E-state index contributed by atoms with van der Waals surface area (Å²) in [7, 11) is 0. The van der Waals surface area contributed by atoms with Gasteiger partial charge in [-0.05, 0) is 11.1 Å². The van der Waals surface area contributed by atoms with Gasteiger partial charge in [-0.2, -0.15) is 0 Å². The predicted octanol–water partition coefficient (Wildman–Crippen LogP) is 2.23. The molecule has 1 aromatic rings. The Morgan fingerprint density at radius 1 is 1.25 bits per heavy atom. The van der Waals surface area contributed by atoms with E-state index in [2.05, 4.69) is 19.2 Å². The molecule has 0 aliphatic heterocycles. The molecule has 1 aromatic carbocycles. The van der Waals surface area contributed by atoms with Crippen molar-refractivity contribution in [2.45, 2.75) is 32.9 Å². The van der Waals surface area contributed by atoms with E-state index in [1.807, 2.05) is 24.3 Å². The van der Waals surface area contributed by atoms with Gasteiger partial charge in [-0.15, -0.1) is 12.4 Å². The van der Waals surface area contributed by atoms with Crippen molar-refractivity contribution in [1.29, 1.82) is 0 Å². The van der Waals surface area contributed by atoms with Gasteiger partial charge in [0.1, 0.15) is 0 Å². The van der Waals surface area contributed by atoms with Crippen LogP contribution in [-0.2, 0) is 17.8 Å². The zero-order valence-electron chi connectivity index (χ0n) is 9.56. The van der Waals surface area contributed by atoms with E-state index < -0.39 is 5.97 Å². The molecule has 0 aliphatic rings. The van der Waals surface area contributed by atoms with Gasteiger partial charge in [0, 0.05) is 12.6 Å². The Labute approximate surface area is 102 Å². The molecular weight excluding hydrogens is 226 g/mol. The van der Waals surface area contributed by atoms with E-state index in [4.69, 9.17) is 5.11 Å². The summed E-state index contributed by atoms with van der Waals surface area (Å²) in [5, 5.41) is 11.9. The fraction of sp³-hybridized carbons (Fsp3) is 0.417. The first-order valence-corrected chi connectivity index (χ1v) is 5.11. The number of nitrogens with one attached hydrogen (secondary N) is 1. The minimum atomic E-state index is -0.789. The van der Waals surface area contributed by atoms with Crippen molar-refractivity contribution in [2.75, 3.05) is 0 Å². The Hall–Kier alpha value is -1.06. The van der Waals surface area contributed by atoms with Crippen LogP contribution in [-0.4, -0.2) is 17.1 Å². The predicted molar refractivity (Wildman–Crippen MR) is 67.0 cm³/mol. The van der Waals surface area contributed by atoms with E-state index in [1.165, 1.54) is 5.56 Å². The molecule has 0 radical (unpaired) electrons. The average molecular weight is 244 g/mol. The van der Waals surface area contributed by atoms with Gasteiger partial charge >= 0.3 is 5.97 Å². The second kappa shape index (κ2) is 7.25. The molecule has 2 N–H and O–H groups in total. The van der Waals surface area contributed by atoms with Crippen LogP contribution >= 0.6 is 12.4 Å². The van der Waals surface area contributed by atoms with Crippen LogP contribution in [0.1, 0.15) is 25.0 Å². The third kappa shape index (κ3) is 5.73. The van der Waals surface area contributed by atoms with Gasteiger partial charge in [0.2, 0.25) is 0 Å². The second-order valence-electron chi connectivity index (χ2n) is 3.92. The number of carboxylic acids is 1. The highest BCUT2D eigenvalue weighted by molar-refractivity contribution is 5.85. The van der Waals surface area contributed by atoms with Crippen molar-refractivity contribution in [1.82, 2.24) is 5.32 Å². The van der Waals surface area contributed by atoms with E-state index >= 15 is 0 Å². The number of hydrogen-bond acceptors (Lipinski definition) is 2. The Bertz CT molecular complexity index is 322. The quantitative estimate of drug-likeness (QED) is 0.834. The van der Waals surface area contributed by atoms with E-state index in [-0.39, 0.29) is 18.8 Å². The maximum atomic E-state index is 10.5. The van der Waals surface area contributed by atoms with Crippen LogP contribution < -0.4 is 5.32 Å². The number of rotatable bonds is 5. The van der Waals surface area contributed by atoms with Crippen LogP contribution in [0.5, 0.6) is 0 Å². The normalized spacial score (nSPS) is 9.94. The van der Waals surface area contributed by atoms with E-state index in [1.54, 1.807) is 0 Å². The largest absolute Gasteiger partial charge is 0.481 e. The van der Waals surface area contributed by atoms with Crippen molar-refractivity contribution >= 4 is 18.4 Å². The molecule has 0 aromatic heterocycles. The Morgan fingerprint density at radius 2 is 1.75 bits per heavy atom. The summed E-state index contributed by atoms with van der Waals surface area (Å²) in [5.74, 6) is -0.789. The highest BCUT2D eigenvalue weighted by Crippen LogP contribution is 2.05. The molecule has 90 valence electrons. The van der Waals surface area contributed by atoms with Gasteiger partial charge in [-0.1, -0.05) is 38.1 Å². The molecule has 0 amide bonds. The van der Waals surface area contributed by atoms with E-state index in [9.17, 15) is 4.79 Å².